The highest BCUT2D eigenvalue weighted by molar-refractivity contribution is 6.24. The maximum Gasteiger partial charge on any atom is 0.264 e. The summed E-state index contributed by atoms with van der Waals surface area (Å²) in [6, 6.07) is 23.8. The van der Waals surface area contributed by atoms with Crippen LogP contribution in [0, 0.1) is 0 Å². The van der Waals surface area contributed by atoms with Crippen LogP contribution in [-0.2, 0) is 16.0 Å². The second kappa shape index (κ2) is 8.75. The Balaban J connectivity index is 1.46. The van der Waals surface area contributed by atoms with Gasteiger partial charge in [-0.2, -0.15) is 0 Å². The first-order valence-corrected chi connectivity index (χ1v) is 9.89. The molecule has 1 aliphatic heterocycles. The Kier molecular flexibility index (Phi) is 5.71. The molecule has 3 N–H and O–H groups in total. The van der Waals surface area contributed by atoms with Crippen LogP contribution in [0.25, 0.3) is 11.1 Å². The molecule has 0 aliphatic carbocycles. The van der Waals surface area contributed by atoms with Crippen LogP contribution < -0.4 is 15.4 Å². The Hall–Kier alpha value is -4.06. The van der Waals surface area contributed by atoms with Gasteiger partial charge in [0.1, 0.15) is 17.1 Å². The maximum absolute atomic E-state index is 12.7. The largest absolute Gasteiger partial charge is 0.509 e. The van der Waals surface area contributed by atoms with Crippen LogP contribution in [0.1, 0.15) is 5.56 Å². The molecule has 1 unspecified atom stereocenters. The summed E-state index contributed by atoms with van der Waals surface area (Å²) in [7, 11) is 1.62. The fourth-order valence-electron chi connectivity index (χ4n) is 3.53. The van der Waals surface area contributed by atoms with Crippen molar-refractivity contribution in [3.8, 4) is 16.9 Å². The lowest BCUT2D eigenvalue weighted by molar-refractivity contribution is -0.120. The molecule has 0 bridgehead atoms. The van der Waals surface area contributed by atoms with Crippen LogP contribution in [0.3, 0.4) is 0 Å². The monoisotopic (exact) mass is 414 g/mol. The Labute approximate surface area is 180 Å². The second-order valence-corrected chi connectivity index (χ2v) is 7.24. The number of methoxy groups -OCH3 is 1. The van der Waals surface area contributed by atoms with E-state index in [1.54, 1.807) is 19.2 Å². The van der Waals surface area contributed by atoms with E-state index in [0.717, 1.165) is 22.4 Å². The molecule has 1 atom stereocenters. The van der Waals surface area contributed by atoms with Crippen LogP contribution in [0.5, 0.6) is 5.75 Å². The minimum absolute atomic E-state index is 0.235. The quantitative estimate of drug-likeness (QED) is 0.535. The number of aliphatic hydroxyl groups is 1. The molecule has 31 heavy (non-hydrogen) atoms. The van der Waals surface area contributed by atoms with E-state index in [4.69, 9.17) is 4.74 Å². The number of hydrogen-bond donors (Lipinski definition) is 3. The number of anilines is 1. The Morgan fingerprint density at radius 1 is 0.968 bits per heavy atom. The van der Waals surface area contributed by atoms with Crippen molar-refractivity contribution in [3.63, 3.8) is 0 Å². The Morgan fingerprint density at radius 2 is 1.58 bits per heavy atom. The van der Waals surface area contributed by atoms with Gasteiger partial charge in [-0.25, -0.2) is 0 Å². The normalized spacial score (nSPS) is 15.5. The summed E-state index contributed by atoms with van der Waals surface area (Å²) >= 11 is 0. The maximum atomic E-state index is 12.7. The zero-order chi connectivity index (χ0) is 21.8. The molecule has 0 fully saturated rings. The van der Waals surface area contributed by atoms with Gasteiger partial charge in [-0.15, -0.1) is 0 Å². The molecule has 1 aliphatic rings. The molecule has 1 heterocycles. The number of rotatable bonds is 6. The number of carbonyl (C=O) groups excluding carboxylic acids is 2. The Bertz CT molecular complexity index is 1120. The van der Waals surface area contributed by atoms with Crippen LogP contribution in [0.2, 0.25) is 0 Å². The first kappa shape index (κ1) is 20.2. The molecule has 2 amide bonds. The smallest absolute Gasteiger partial charge is 0.264 e. The summed E-state index contributed by atoms with van der Waals surface area (Å²) in [4.78, 5) is 25.0. The predicted molar refractivity (Wildman–Crippen MR) is 119 cm³/mol. The van der Waals surface area contributed by atoms with Crippen molar-refractivity contribution in [2.24, 2.45) is 0 Å². The van der Waals surface area contributed by atoms with Crippen molar-refractivity contribution in [2.75, 3.05) is 12.4 Å². The number of hydrogen-bond acceptors (Lipinski definition) is 4. The molecule has 0 aromatic heterocycles. The van der Waals surface area contributed by atoms with Gasteiger partial charge in [-0.05, 0) is 47.4 Å². The fraction of sp³-hybridized carbons (Fsp3) is 0.120. The van der Waals surface area contributed by atoms with Gasteiger partial charge in [0.2, 0.25) is 0 Å². The molecular weight excluding hydrogens is 392 g/mol. The van der Waals surface area contributed by atoms with Crippen LogP contribution >= 0.6 is 0 Å². The zero-order valence-electron chi connectivity index (χ0n) is 17.0. The number of carbonyl (C=O) groups is 2. The Morgan fingerprint density at radius 3 is 2.19 bits per heavy atom. The molecule has 0 spiro atoms. The second-order valence-electron chi connectivity index (χ2n) is 7.24. The number of amides is 2. The third-order valence-corrected chi connectivity index (χ3v) is 5.19. The van der Waals surface area contributed by atoms with E-state index in [0.29, 0.717) is 12.1 Å². The van der Waals surface area contributed by atoms with Crippen molar-refractivity contribution in [1.82, 2.24) is 5.32 Å². The van der Waals surface area contributed by atoms with Crippen molar-refractivity contribution >= 4 is 17.5 Å². The van der Waals surface area contributed by atoms with Crippen LogP contribution in [0.4, 0.5) is 5.69 Å². The molecule has 6 nitrogen and oxygen atoms in total. The van der Waals surface area contributed by atoms with E-state index in [9.17, 15) is 14.7 Å². The minimum atomic E-state index is -0.636. The van der Waals surface area contributed by atoms with Gasteiger partial charge in [0.15, 0.2) is 0 Å². The lowest BCUT2D eigenvalue weighted by Crippen LogP contribution is -2.31. The van der Waals surface area contributed by atoms with Crippen LogP contribution in [-0.4, -0.2) is 30.1 Å². The van der Waals surface area contributed by atoms with E-state index in [1.165, 1.54) is 0 Å². The highest BCUT2D eigenvalue weighted by Gasteiger charge is 2.36. The number of nitrogens with one attached hydrogen (secondary N) is 2. The first-order valence-electron chi connectivity index (χ1n) is 9.89. The average Bonchev–Trinajstić information content (AvgIpc) is 3.08. The average molecular weight is 414 g/mol. The summed E-state index contributed by atoms with van der Waals surface area (Å²) in [5, 5.41) is 15.9. The van der Waals surface area contributed by atoms with Gasteiger partial charge in [0, 0.05) is 5.69 Å². The van der Waals surface area contributed by atoms with E-state index in [1.807, 2.05) is 66.7 Å². The molecule has 6 heteroatoms. The summed E-state index contributed by atoms with van der Waals surface area (Å²) in [6.45, 7) is 0. The molecule has 0 radical (unpaired) electrons. The molecule has 3 aromatic rings. The fourth-order valence-corrected chi connectivity index (χ4v) is 3.53. The van der Waals surface area contributed by atoms with Gasteiger partial charge >= 0.3 is 0 Å². The van der Waals surface area contributed by atoms with Crippen molar-refractivity contribution in [2.45, 2.75) is 12.5 Å². The van der Waals surface area contributed by atoms with E-state index in [2.05, 4.69) is 10.6 Å². The van der Waals surface area contributed by atoms with E-state index in [-0.39, 0.29) is 11.3 Å². The summed E-state index contributed by atoms with van der Waals surface area (Å²) < 4.78 is 5.17. The summed E-state index contributed by atoms with van der Waals surface area (Å²) in [6.07, 6.45) is 0.408. The molecule has 0 saturated heterocycles. The third-order valence-electron chi connectivity index (χ3n) is 5.19. The van der Waals surface area contributed by atoms with Gasteiger partial charge in [-0.3, -0.25) is 9.59 Å². The minimum Gasteiger partial charge on any atom is -0.509 e. The zero-order valence-corrected chi connectivity index (χ0v) is 17.0. The van der Waals surface area contributed by atoms with Gasteiger partial charge in [0.25, 0.3) is 11.8 Å². The number of ether oxygens (including phenoxy) is 1. The van der Waals surface area contributed by atoms with Gasteiger partial charge in [-0.1, -0.05) is 54.6 Å². The highest BCUT2D eigenvalue weighted by atomic mass is 16.5. The molecule has 3 aromatic carbocycles. The van der Waals surface area contributed by atoms with E-state index >= 15 is 0 Å². The third kappa shape index (κ3) is 4.43. The lowest BCUT2D eigenvalue weighted by Gasteiger charge is -2.10. The van der Waals surface area contributed by atoms with Crippen LogP contribution in [0.15, 0.2) is 90.2 Å². The number of aliphatic hydroxyl groups excluding tert-OH is 1. The topological polar surface area (TPSA) is 87.7 Å². The highest BCUT2D eigenvalue weighted by Crippen LogP contribution is 2.25. The standard InChI is InChI=1S/C25H22N2O4/c1-31-20-13-9-18(10-14-20)17-7-11-19(12-8-17)26-24(29)22-23(28)21(27-25(22)30)15-16-5-3-2-4-6-16/h2-14,21,28H,15H2,1H3,(H,26,29)(H,27,30). The van der Waals surface area contributed by atoms with Crippen molar-refractivity contribution in [3.05, 3.63) is 95.8 Å². The number of benzene rings is 3. The van der Waals surface area contributed by atoms with Crippen molar-refractivity contribution < 1.29 is 19.4 Å². The first-order chi connectivity index (χ1) is 15.0. The van der Waals surface area contributed by atoms with Gasteiger partial charge < -0.3 is 20.5 Å². The van der Waals surface area contributed by atoms with Crippen molar-refractivity contribution in [1.29, 1.82) is 0 Å². The predicted octanol–water partition coefficient (Wildman–Crippen LogP) is 3.85. The molecule has 156 valence electrons. The van der Waals surface area contributed by atoms with Gasteiger partial charge in [0.05, 0.1) is 13.2 Å². The summed E-state index contributed by atoms with van der Waals surface area (Å²) in [5.41, 5.74) is 3.22. The SMILES string of the molecule is COc1ccc(-c2ccc(NC(=O)C3=C(O)C(Cc4ccccc4)NC3=O)cc2)cc1. The summed E-state index contributed by atoms with van der Waals surface area (Å²) in [5.74, 6) is -0.670. The van der Waals surface area contributed by atoms with E-state index < -0.39 is 17.9 Å². The molecular formula is C25H22N2O4. The molecule has 4 rings (SSSR count). The lowest BCUT2D eigenvalue weighted by atomic mass is 10.0. The molecule has 0 saturated carbocycles.